The molecule has 0 unspecified atom stereocenters. The molecule has 1 aromatic carbocycles. The fourth-order valence-electron chi connectivity index (χ4n) is 2.17. The number of hydrogen-bond donors (Lipinski definition) is 2. The molecule has 114 valence electrons. The molecule has 0 fully saturated rings. The topological polar surface area (TPSA) is 84.1 Å². The molecule has 21 heavy (non-hydrogen) atoms. The van der Waals surface area contributed by atoms with Crippen LogP contribution in [0.3, 0.4) is 0 Å². The van der Waals surface area contributed by atoms with Crippen molar-refractivity contribution in [1.29, 1.82) is 0 Å². The molecular formula is C14H19N3O3S. The van der Waals surface area contributed by atoms with Gasteiger partial charge in [-0.2, -0.15) is 5.10 Å². The number of hydrogen-bond acceptors (Lipinski definition) is 4. The molecule has 1 heterocycles. The maximum Gasteiger partial charge on any atom is 0.265 e. The van der Waals surface area contributed by atoms with E-state index < -0.39 is 10.0 Å². The van der Waals surface area contributed by atoms with Crippen molar-refractivity contribution in [3.05, 3.63) is 34.6 Å². The molecular weight excluding hydrogens is 290 g/mol. The van der Waals surface area contributed by atoms with Crippen LogP contribution in [0.4, 0.5) is 5.69 Å². The quantitative estimate of drug-likeness (QED) is 0.908. The second kappa shape index (κ2) is 5.40. The molecule has 0 spiro atoms. The molecule has 2 aromatic rings. The van der Waals surface area contributed by atoms with E-state index in [9.17, 15) is 8.42 Å². The lowest BCUT2D eigenvalue weighted by Gasteiger charge is -2.14. The van der Waals surface area contributed by atoms with Gasteiger partial charge in [-0.05, 0) is 51.0 Å². The summed E-state index contributed by atoms with van der Waals surface area (Å²) >= 11 is 0. The highest BCUT2D eigenvalue weighted by atomic mass is 32.2. The van der Waals surface area contributed by atoms with E-state index in [1.165, 1.54) is 7.11 Å². The Balaban J connectivity index is 2.49. The van der Waals surface area contributed by atoms with E-state index in [1.807, 2.05) is 19.9 Å². The first-order valence-electron chi connectivity index (χ1n) is 6.46. The van der Waals surface area contributed by atoms with Gasteiger partial charge in [0.25, 0.3) is 10.0 Å². The summed E-state index contributed by atoms with van der Waals surface area (Å²) in [5, 5.41) is 6.60. The molecule has 0 saturated heterocycles. The number of sulfonamides is 1. The molecule has 0 amide bonds. The van der Waals surface area contributed by atoms with Gasteiger partial charge in [0.2, 0.25) is 0 Å². The van der Waals surface area contributed by atoms with Crippen LogP contribution < -0.4 is 9.46 Å². The first kappa shape index (κ1) is 15.4. The van der Waals surface area contributed by atoms with E-state index in [4.69, 9.17) is 4.74 Å². The van der Waals surface area contributed by atoms with Crippen LogP contribution in [-0.4, -0.2) is 25.7 Å². The summed E-state index contributed by atoms with van der Waals surface area (Å²) in [6, 6.07) is 3.57. The maximum absolute atomic E-state index is 12.5. The highest BCUT2D eigenvalue weighted by Gasteiger charge is 2.23. The number of aryl methyl sites for hydroxylation is 4. The average Bonchev–Trinajstić information content (AvgIpc) is 2.73. The van der Waals surface area contributed by atoms with Gasteiger partial charge in [-0.15, -0.1) is 0 Å². The van der Waals surface area contributed by atoms with Gasteiger partial charge in [-0.3, -0.25) is 9.82 Å². The van der Waals surface area contributed by atoms with Crippen molar-refractivity contribution in [2.75, 3.05) is 11.8 Å². The number of anilines is 1. The van der Waals surface area contributed by atoms with Crippen LogP contribution in [0.2, 0.25) is 0 Å². The standard InChI is InChI=1S/C14H19N3O3S/c1-8-6-12(13(20-5)7-9(8)2)17-21(18,19)14-10(3)15-16-11(14)4/h6-7,17H,1-5H3,(H,15,16). The summed E-state index contributed by atoms with van der Waals surface area (Å²) in [5.74, 6) is 0.487. The molecule has 7 heteroatoms. The molecule has 2 N–H and O–H groups in total. The van der Waals surface area contributed by atoms with Crippen LogP contribution in [0.1, 0.15) is 22.5 Å². The lowest BCUT2D eigenvalue weighted by molar-refractivity contribution is 0.416. The van der Waals surface area contributed by atoms with Gasteiger partial charge in [0, 0.05) is 0 Å². The summed E-state index contributed by atoms with van der Waals surface area (Å²) in [6.07, 6.45) is 0. The largest absolute Gasteiger partial charge is 0.495 e. The number of nitrogens with zero attached hydrogens (tertiary/aromatic N) is 1. The maximum atomic E-state index is 12.5. The van der Waals surface area contributed by atoms with Gasteiger partial charge in [-0.1, -0.05) is 0 Å². The van der Waals surface area contributed by atoms with E-state index in [0.717, 1.165) is 11.1 Å². The van der Waals surface area contributed by atoms with Gasteiger partial charge in [0.05, 0.1) is 24.2 Å². The number of aromatic nitrogens is 2. The normalized spacial score (nSPS) is 11.5. The van der Waals surface area contributed by atoms with E-state index in [1.54, 1.807) is 19.9 Å². The van der Waals surface area contributed by atoms with Crippen molar-refractivity contribution < 1.29 is 13.2 Å². The Hall–Kier alpha value is -2.02. The third kappa shape index (κ3) is 2.87. The number of aromatic amines is 1. The minimum Gasteiger partial charge on any atom is -0.495 e. The lowest BCUT2D eigenvalue weighted by Crippen LogP contribution is -2.15. The fourth-order valence-corrected chi connectivity index (χ4v) is 3.61. The Morgan fingerprint density at radius 2 is 1.76 bits per heavy atom. The second-order valence-corrected chi connectivity index (χ2v) is 6.62. The molecule has 0 radical (unpaired) electrons. The highest BCUT2D eigenvalue weighted by Crippen LogP contribution is 2.30. The van der Waals surface area contributed by atoms with Crippen LogP contribution in [0.5, 0.6) is 5.75 Å². The van der Waals surface area contributed by atoms with Crippen LogP contribution >= 0.6 is 0 Å². The SMILES string of the molecule is COc1cc(C)c(C)cc1NS(=O)(=O)c1c(C)n[nH]c1C. The molecule has 0 aliphatic heterocycles. The Morgan fingerprint density at radius 3 is 2.29 bits per heavy atom. The minimum atomic E-state index is -3.72. The van der Waals surface area contributed by atoms with E-state index >= 15 is 0 Å². The van der Waals surface area contributed by atoms with Crippen LogP contribution in [0.25, 0.3) is 0 Å². The Bertz CT molecular complexity index is 760. The second-order valence-electron chi connectivity index (χ2n) is 5.01. The van der Waals surface area contributed by atoms with E-state index in [0.29, 0.717) is 22.8 Å². The number of benzene rings is 1. The summed E-state index contributed by atoms with van der Waals surface area (Å²) < 4.78 is 32.9. The monoisotopic (exact) mass is 309 g/mol. The van der Waals surface area contributed by atoms with E-state index in [-0.39, 0.29) is 4.90 Å². The zero-order valence-electron chi connectivity index (χ0n) is 12.7. The predicted molar refractivity (Wildman–Crippen MR) is 81.3 cm³/mol. The first-order chi connectivity index (χ1) is 9.76. The smallest absolute Gasteiger partial charge is 0.265 e. The van der Waals surface area contributed by atoms with Gasteiger partial charge in [0.15, 0.2) is 0 Å². The lowest BCUT2D eigenvalue weighted by atomic mass is 10.1. The number of H-pyrrole nitrogens is 1. The third-order valence-corrected chi connectivity index (χ3v) is 5.02. The van der Waals surface area contributed by atoms with Crippen LogP contribution in [-0.2, 0) is 10.0 Å². The Kier molecular flexibility index (Phi) is 3.95. The Morgan fingerprint density at radius 1 is 1.14 bits per heavy atom. The van der Waals surface area contributed by atoms with Gasteiger partial charge >= 0.3 is 0 Å². The highest BCUT2D eigenvalue weighted by molar-refractivity contribution is 7.92. The van der Waals surface area contributed by atoms with Crippen molar-refractivity contribution in [1.82, 2.24) is 10.2 Å². The molecule has 6 nitrogen and oxygen atoms in total. The average molecular weight is 309 g/mol. The Labute approximate surface area is 124 Å². The number of ether oxygens (including phenoxy) is 1. The fraction of sp³-hybridized carbons (Fsp3) is 0.357. The summed E-state index contributed by atoms with van der Waals surface area (Å²) in [4.78, 5) is 0.169. The van der Waals surface area contributed by atoms with Crippen molar-refractivity contribution >= 4 is 15.7 Å². The zero-order valence-corrected chi connectivity index (χ0v) is 13.6. The molecule has 1 aromatic heterocycles. The van der Waals surface area contributed by atoms with Crippen molar-refractivity contribution in [3.63, 3.8) is 0 Å². The van der Waals surface area contributed by atoms with Crippen molar-refractivity contribution in [2.24, 2.45) is 0 Å². The van der Waals surface area contributed by atoms with Crippen molar-refractivity contribution in [3.8, 4) is 5.75 Å². The van der Waals surface area contributed by atoms with Gasteiger partial charge in [0.1, 0.15) is 10.6 Å². The summed E-state index contributed by atoms with van der Waals surface area (Å²) in [6.45, 7) is 7.18. The summed E-state index contributed by atoms with van der Waals surface area (Å²) in [7, 11) is -2.21. The molecule has 0 atom stereocenters. The molecule has 2 rings (SSSR count). The number of methoxy groups -OCH3 is 1. The molecule has 0 aliphatic rings. The van der Waals surface area contributed by atoms with Crippen molar-refractivity contribution in [2.45, 2.75) is 32.6 Å². The van der Waals surface area contributed by atoms with Gasteiger partial charge < -0.3 is 4.74 Å². The zero-order chi connectivity index (χ0) is 15.8. The van der Waals surface area contributed by atoms with Gasteiger partial charge in [-0.25, -0.2) is 8.42 Å². The summed E-state index contributed by atoms with van der Waals surface area (Å²) in [5.41, 5.74) is 3.37. The van der Waals surface area contributed by atoms with Crippen LogP contribution in [0, 0.1) is 27.7 Å². The first-order valence-corrected chi connectivity index (χ1v) is 7.94. The number of nitrogens with one attached hydrogen (secondary N) is 2. The predicted octanol–water partition coefficient (Wildman–Crippen LogP) is 2.45. The number of rotatable bonds is 4. The molecule has 0 saturated carbocycles. The van der Waals surface area contributed by atoms with E-state index in [2.05, 4.69) is 14.9 Å². The third-order valence-electron chi connectivity index (χ3n) is 3.39. The van der Waals surface area contributed by atoms with Crippen LogP contribution in [0.15, 0.2) is 17.0 Å². The molecule has 0 aliphatic carbocycles. The molecule has 0 bridgehead atoms. The minimum absolute atomic E-state index is 0.169.